The molecule has 0 saturated carbocycles. The van der Waals surface area contributed by atoms with E-state index in [-0.39, 0.29) is 6.03 Å². The van der Waals surface area contributed by atoms with Crippen LogP contribution in [0.5, 0.6) is 0 Å². The van der Waals surface area contributed by atoms with E-state index in [0.29, 0.717) is 12.5 Å². The van der Waals surface area contributed by atoms with Crippen LogP contribution in [0.4, 0.5) is 10.5 Å². The van der Waals surface area contributed by atoms with Crippen LogP contribution in [-0.2, 0) is 0 Å². The van der Waals surface area contributed by atoms with Crippen molar-refractivity contribution in [1.82, 2.24) is 4.90 Å². The van der Waals surface area contributed by atoms with Gasteiger partial charge in [0.2, 0.25) is 0 Å². The molecular weight excluding hydrogens is 250 g/mol. The highest BCUT2D eigenvalue weighted by Crippen LogP contribution is 2.17. The predicted molar refractivity (Wildman–Crippen MR) is 81.4 cm³/mol. The second-order valence-electron chi connectivity index (χ2n) is 5.21. The molecule has 0 aromatic heterocycles. The van der Waals surface area contributed by atoms with Crippen molar-refractivity contribution in [3.05, 3.63) is 29.8 Å². The molecule has 4 nitrogen and oxygen atoms in total. The summed E-state index contributed by atoms with van der Waals surface area (Å²) in [5.41, 5.74) is 7.03. The van der Waals surface area contributed by atoms with Gasteiger partial charge in [-0.25, -0.2) is 4.79 Å². The standard InChI is InChI=1S/C16H21N3O/c1-13-4-3-11-19(12-13)16(20)18-15-8-6-14(7-9-15)5-2-10-17/h6-9,13H,3-4,10-12,17H2,1H3,(H,18,20). The van der Waals surface area contributed by atoms with Crippen molar-refractivity contribution in [3.63, 3.8) is 0 Å². The Kier molecular flexibility index (Phi) is 5.03. The number of likely N-dealkylation sites (tertiary alicyclic amines) is 1. The molecule has 0 aliphatic carbocycles. The van der Waals surface area contributed by atoms with Crippen LogP contribution in [0.15, 0.2) is 24.3 Å². The molecule has 1 aliphatic rings. The summed E-state index contributed by atoms with van der Waals surface area (Å²) >= 11 is 0. The predicted octanol–water partition coefficient (Wildman–Crippen LogP) is 2.26. The zero-order valence-corrected chi connectivity index (χ0v) is 11.9. The lowest BCUT2D eigenvalue weighted by atomic mass is 10.0. The Morgan fingerprint density at radius 1 is 1.45 bits per heavy atom. The molecule has 1 heterocycles. The largest absolute Gasteiger partial charge is 0.324 e. The van der Waals surface area contributed by atoms with Crippen LogP contribution in [0.1, 0.15) is 25.3 Å². The molecule has 0 radical (unpaired) electrons. The number of rotatable bonds is 1. The summed E-state index contributed by atoms with van der Waals surface area (Å²) in [5.74, 6) is 6.35. The van der Waals surface area contributed by atoms with E-state index in [2.05, 4.69) is 24.1 Å². The molecule has 2 rings (SSSR count). The van der Waals surface area contributed by atoms with E-state index in [1.807, 2.05) is 29.2 Å². The van der Waals surface area contributed by atoms with Gasteiger partial charge < -0.3 is 16.0 Å². The van der Waals surface area contributed by atoms with Gasteiger partial charge >= 0.3 is 6.03 Å². The maximum atomic E-state index is 12.1. The molecule has 2 amide bonds. The van der Waals surface area contributed by atoms with Gasteiger partial charge in [-0.05, 0) is 43.0 Å². The Balaban J connectivity index is 1.94. The van der Waals surface area contributed by atoms with Crippen LogP contribution in [0.2, 0.25) is 0 Å². The molecule has 1 saturated heterocycles. The normalized spacial score (nSPS) is 18.1. The minimum Gasteiger partial charge on any atom is -0.324 e. The maximum Gasteiger partial charge on any atom is 0.321 e. The van der Waals surface area contributed by atoms with Gasteiger partial charge in [0.25, 0.3) is 0 Å². The summed E-state index contributed by atoms with van der Waals surface area (Å²) in [5, 5.41) is 2.93. The number of amides is 2. The number of carbonyl (C=O) groups is 1. The van der Waals surface area contributed by atoms with Crippen LogP contribution in [0.3, 0.4) is 0 Å². The fourth-order valence-corrected chi connectivity index (χ4v) is 2.37. The molecule has 0 bridgehead atoms. The first-order chi connectivity index (χ1) is 9.69. The van der Waals surface area contributed by atoms with E-state index in [9.17, 15) is 4.79 Å². The second kappa shape index (κ2) is 6.97. The van der Waals surface area contributed by atoms with Crippen molar-refractivity contribution in [3.8, 4) is 11.8 Å². The van der Waals surface area contributed by atoms with Crippen molar-refractivity contribution in [2.75, 3.05) is 25.0 Å². The van der Waals surface area contributed by atoms with Gasteiger partial charge in [0, 0.05) is 24.3 Å². The zero-order chi connectivity index (χ0) is 14.4. The van der Waals surface area contributed by atoms with Gasteiger partial charge in [0.1, 0.15) is 0 Å². The minimum atomic E-state index is -0.0163. The lowest BCUT2D eigenvalue weighted by Crippen LogP contribution is -2.41. The fourth-order valence-electron chi connectivity index (χ4n) is 2.37. The van der Waals surface area contributed by atoms with Gasteiger partial charge in [0.05, 0.1) is 6.54 Å². The van der Waals surface area contributed by atoms with Crippen molar-refractivity contribution in [2.24, 2.45) is 11.7 Å². The van der Waals surface area contributed by atoms with E-state index in [1.165, 1.54) is 6.42 Å². The summed E-state index contributed by atoms with van der Waals surface area (Å²) in [4.78, 5) is 14.0. The molecule has 4 heteroatoms. The van der Waals surface area contributed by atoms with Gasteiger partial charge in [-0.15, -0.1) is 0 Å². The van der Waals surface area contributed by atoms with Crippen LogP contribution in [-0.4, -0.2) is 30.6 Å². The van der Waals surface area contributed by atoms with Crippen LogP contribution in [0, 0.1) is 17.8 Å². The third-order valence-electron chi connectivity index (χ3n) is 3.42. The molecule has 1 unspecified atom stereocenters. The molecule has 1 aromatic rings. The zero-order valence-electron chi connectivity index (χ0n) is 11.9. The summed E-state index contributed by atoms with van der Waals surface area (Å²) in [6.07, 6.45) is 2.29. The van der Waals surface area contributed by atoms with E-state index in [0.717, 1.165) is 30.8 Å². The van der Waals surface area contributed by atoms with E-state index < -0.39 is 0 Å². The molecule has 0 spiro atoms. The van der Waals surface area contributed by atoms with Gasteiger partial charge in [-0.2, -0.15) is 0 Å². The van der Waals surface area contributed by atoms with Crippen molar-refractivity contribution in [2.45, 2.75) is 19.8 Å². The van der Waals surface area contributed by atoms with Crippen LogP contribution >= 0.6 is 0 Å². The average Bonchev–Trinajstić information content (AvgIpc) is 2.46. The second-order valence-corrected chi connectivity index (χ2v) is 5.21. The Hall–Kier alpha value is -1.99. The van der Waals surface area contributed by atoms with E-state index >= 15 is 0 Å². The molecule has 20 heavy (non-hydrogen) atoms. The number of nitrogens with one attached hydrogen (secondary N) is 1. The molecule has 106 valence electrons. The topological polar surface area (TPSA) is 58.4 Å². The number of anilines is 1. The maximum absolute atomic E-state index is 12.1. The number of urea groups is 1. The van der Waals surface area contributed by atoms with Crippen LogP contribution < -0.4 is 11.1 Å². The third-order valence-corrected chi connectivity index (χ3v) is 3.42. The number of benzene rings is 1. The highest BCUT2D eigenvalue weighted by Gasteiger charge is 2.20. The summed E-state index contributed by atoms with van der Waals surface area (Å²) in [7, 11) is 0. The first-order valence-electron chi connectivity index (χ1n) is 7.04. The number of piperidine rings is 1. The third kappa shape index (κ3) is 4.01. The van der Waals surface area contributed by atoms with Crippen molar-refractivity contribution in [1.29, 1.82) is 0 Å². The summed E-state index contributed by atoms with van der Waals surface area (Å²) in [6.45, 7) is 4.22. The Labute approximate surface area is 120 Å². The molecule has 1 atom stereocenters. The summed E-state index contributed by atoms with van der Waals surface area (Å²) < 4.78 is 0. The Bertz CT molecular complexity index is 513. The number of nitrogens with two attached hydrogens (primary N) is 1. The fraction of sp³-hybridized carbons (Fsp3) is 0.438. The first kappa shape index (κ1) is 14.4. The first-order valence-corrected chi connectivity index (χ1v) is 7.04. The van der Waals surface area contributed by atoms with Crippen molar-refractivity contribution < 1.29 is 4.79 Å². The van der Waals surface area contributed by atoms with Crippen LogP contribution in [0.25, 0.3) is 0 Å². The van der Waals surface area contributed by atoms with Gasteiger partial charge in [0.15, 0.2) is 0 Å². The number of hydrogen-bond acceptors (Lipinski definition) is 2. The monoisotopic (exact) mass is 271 g/mol. The Morgan fingerprint density at radius 3 is 2.85 bits per heavy atom. The average molecular weight is 271 g/mol. The smallest absolute Gasteiger partial charge is 0.321 e. The molecule has 1 aromatic carbocycles. The summed E-state index contributed by atoms with van der Waals surface area (Å²) in [6, 6.07) is 7.49. The molecule has 3 N–H and O–H groups in total. The van der Waals surface area contributed by atoms with E-state index in [4.69, 9.17) is 5.73 Å². The molecule has 1 fully saturated rings. The minimum absolute atomic E-state index is 0.0163. The Morgan fingerprint density at radius 2 is 2.20 bits per heavy atom. The number of hydrogen-bond donors (Lipinski definition) is 2. The SMILES string of the molecule is CC1CCCN(C(=O)Nc2ccc(C#CCN)cc2)C1. The van der Waals surface area contributed by atoms with Crippen molar-refractivity contribution >= 4 is 11.7 Å². The highest BCUT2D eigenvalue weighted by atomic mass is 16.2. The highest BCUT2D eigenvalue weighted by molar-refractivity contribution is 5.89. The number of carbonyl (C=O) groups excluding carboxylic acids is 1. The van der Waals surface area contributed by atoms with E-state index in [1.54, 1.807) is 0 Å². The quantitative estimate of drug-likeness (QED) is 0.770. The molecule has 1 aliphatic heterocycles. The molecular formula is C16H21N3O. The lowest BCUT2D eigenvalue weighted by molar-refractivity contribution is 0.182. The van der Waals surface area contributed by atoms with Gasteiger partial charge in [-0.1, -0.05) is 18.8 Å². The van der Waals surface area contributed by atoms with Gasteiger partial charge in [-0.3, -0.25) is 0 Å². The lowest BCUT2D eigenvalue weighted by Gasteiger charge is -2.30. The number of nitrogens with zero attached hydrogens (tertiary/aromatic N) is 1.